The van der Waals surface area contributed by atoms with E-state index in [0.29, 0.717) is 42.6 Å². The molecule has 1 fully saturated rings. The van der Waals surface area contributed by atoms with Gasteiger partial charge in [0.2, 0.25) is 16.0 Å². The van der Waals surface area contributed by atoms with E-state index in [0.717, 1.165) is 6.07 Å². The lowest BCUT2D eigenvalue weighted by molar-refractivity contribution is 0.149. The van der Waals surface area contributed by atoms with Crippen molar-refractivity contribution in [1.82, 2.24) is 18.8 Å². The van der Waals surface area contributed by atoms with Gasteiger partial charge in [-0.1, -0.05) is 36.4 Å². The smallest absolute Gasteiger partial charge is 0.269 e. The van der Waals surface area contributed by atoms with Crippen LogP contribution in [0.3, 0.4) is 0 Å². The Balaban J connectivity index is 1.44. The molecular weight excluding hydrogens is 612 g/mol. The van der Waals surface area contributed by atoms with Gasteiger partial charge in [-0.05, 0) is 47.7 Å². The molecule has 0 bridgehead atoms. The van der Waals surface area contributed by atoms with Crippen LogP contribution in [0.15, 0.2) is 70.5 Å². The summed E-state index contributed by atoms with van der Waals surface area (Å²) in [6.07, 6.45) is 0.590. The molecule has 0 atom stereocenters. The van der Waals surface area contributed by atoms with Gasteiger partial charge in [0.25, 0.3) is 21.0 Å². The molecule has 0 unspecified atom stereocenters. The van der Waals surface area contributed by atoms with Gasteiger partial charge in [-0.3, -0.25) is 9.36 Å². The normalized spacial score (nSPS) is 15.4. The molecule has 15 heteroatoms. The molecule has 2 aromatic heterocycles. The first-order valence-corrected chi connectivity index (χ1v) is 17.0. The number of nitrogens with one attached hydrogen (secondary N) is 1. The number of sulfonamides is 1. The second-order valence-electron chi connectivity index (χ2n) is 10.0. The van der Waals surface area contributed by atoms with Gasteiger partial charge >= 0.3 is 0 Å². The van der Waals surface area contributed by atoms with Gasteiger partial charge in [-0.2, -0.15) is 4.98 Å². The number of pyridine rings is 1. The van der Waals surface area contributed by atoms with Crippen LogP contribution in [-0.2, 0) is 25.6 Å². The standard InChI is InChI=1S/C27H26ClF2N5O5S2/c1-41(37,38)34-11-9-21(10-12-34)32-27-31-15-20-14-23(24(29)30)26(36)35(25(20)33-27)16-17-5-7-18(8-6-17)19-3-2-4-22(13-19)42(28,39)40/h2-8,13-15,21,24H,9-12,16H2,1H3,(H,31,32,33). The lowest BCUT2D eigenvalue weighted by atomic mass is 10.0. The van der Waals surface area contributed by atoms with Gasteiger partial charge in [-0.15, -0.1) is 0 Å². The lowest BCUT2D eigenvalue weighted by Crippen LogP contribution is -2.42. The first-order chi connectivity index (χ1) is 19.8. The van der Waals surface area contributed by atoms with E-state index < -0.39 is 36.6 Å². The van der Waals surface area contributed by atoms with Crippen LogP contribution in [-0.4, -0.2) is 61.1 Å². The molecule has 2 aromatic carbocycles. The van der Waals surface area contributed by atoms with E-state index in [1.54, 1.807) is 36.4 Å². The zero-order chi connectivity index (χ0) is 30.2. The van der Waals surface area contributed by atoms with Crippen LogP contribution in [0.25, 0.3) is 22.2 Å². The summed E-state index contributed by atoms with van der Waals surface area (Å²) in [6.45, 7) is 0.624. The van der Waals surface area contributed by atoms with Crippen molar-refractivity contribution in [3.8, 4) is 11.1 Å². The highest BCUT2D eigenvalue weighted by atomic mass is 35.7. The maximum Gasteiger partial charge on any atom is 0.269 e. The van der Waals surface area contributed by atoms with Crippen molar-refractivity contribution < 1.29 is 25.6 Å². The van der Waals surface area contributed by atoms with Crippen molar-refractivity contribution in [2.24, 2.45) is 0 Å². The molecule has 222 valence electrons. The van der Waals surface area contributed by atoms with Crippen LogP contribution in [0.2, 0.25) is 0 Å². The van der Waals surface area contributed by atoms with E-state index >= 15 is 0 Å². The lowest BCUT2D eigenvalue weighted by Gasteiger charge is -2.30. The summed E-state index contributed by atoms with van der Waals surface area (Å²) in [6, 6.07) is 14.0. The molecule has 1 aliphatic rings. The fourth-order valence-corrected chi connectivity index (χ4v) is 6.55. The van der Waals surface area contributed by atoms with Crippen molar-refractivity contribution in [2.45, 2.75) is 36.7 Å². The maximum absolute atomic E-state index is 13.8. The number of benzene rings is 2. The summed E-state index contributed by atoms with van der Waals surface area (Å²) in [5, 5.41) is 3.44. The fourth-order valence-electron chi connectivity index (χ4n) is 4.88. The van der Waals surface area contributed by atoms with Crippen LogP contribution in [0.1, 0.15) is 30.4 Å². The molecule has 10 nitrogen and oxygen atoms in total. The molecular formula is C27H26ClF2N5O5S2. The number of halogens is 3. The van der Waals surface area contributed by atoms with E-state index in [-0.39, 0.29) is 34.5 Å². The summed E-state index contributed by atoms with van der Waals surface area (Å²) in [5.41, 5.74) is 0.533. The van der Waals surface area contributed by atoms with Gasteiger partial charge in [0, 0.05) is 41.4 Å². The zero-order valence-electron chi connectivity index (χ0n) is 22.2. The minimum absolute atomic E-state index is 0.0439. The Morgan fingerprint density at radius 1 is 1.02 bits per heavy atom. The Kier molecular flexibility index (Phi) is 8.34. The van der Waals surface area contributed by atoms with Crippen molar-refractivity contribution in [3.05, 3.63) is 82.3 Å². The second-order valence-corrected chi connectivity index (χ2v) is 14.6. The average molecular weight is 638 g/mol. The number of hydrogen-bond acceptors (Lipinski definition) is 8. The zero-order valence-corrected chi connectivity index (χ0v) is 24.6. The van der Waals surface area contributed by atoms with Crippen LogP contribution >= 0.6 is 10.7 Å². The van der Waals surface area contributed by atoms with E-state index in [2.05, 4.69) is 15.3 Å². The molecule has 0 aliphatic carbocycles. The largest absolute Gasteiger partial charge is 0.351 e. The number of fused-ring (bicyclic) bond motifs is 1. The van der Waals surface area contributed by atoms with Crippen molar-refractivity contribution in [2.75, 3.05) is 24.7 Å². The van der Waals surface area contributed by atoms with Crippen molar-refractivity contribution in [1.29, 1.82) is 0 Å². The third kappa shape index (κ3) is 6.61. The average Bonchev–Trinajstić information content (AvgIpc) is 2.94. The summed E-state index contributed by atoms with van der Waals surface area (Å²) in [5.74, 6) is 0.197. The van der Waals surface area contributed by atoms with Gasteiger partial charge < -0.3 is 5.32 Å². The number of alkyl halides is 2. The molecule has 4 aromatic rings. The first kappa shape index (κ1) is 30.0. The van der Waals surface area contributed by atoms with E-state index in [1.807, 2.05) is 0 Å². The van der Waals surface area contributed by atoms with Crippen LogP contribution in [0.5, 0.6) is 0 Å². The van der Waals surface area contributed by atoms with Gasteiger partial charge in [0.1, 0.15) is 5.65 Å². The monoisotopic (exact) mass is 637 g/mol. The predicted octanol–water partition coefficient (Wildman–Crippen LogP) is 4.21. The highest BCUT2D eigenvalue weighted by Crippen LogP contribution is 2.26. The summed E-state index contributed by atoms with van der Waals surface area (Å²) in [7, 11) is -1.73. The Labute approximate surface area is 245 Å². The second kappa shape index (κ2) is 11.7. The summed E-state index contributed by atoms with van der Waals surface area (Å²) in [4.78, 5) is 21.8. The van der Waals surface area contributed by atoms with Crippen molar-refractivity contribution in [3.63, 3.8) is 0 Å². The molecule has 42 heavy (non-hydrogen) atoms. The number of piperidine rings is 1. The van der Waals surface area contributed by atoms with Crippen molar-refractivity contribution >= 4 is 46.7 Å². The topological polar surface area (TPSA) is 131 Å². The highest BCUT2D eigenvalue weighted by molar-refractivity contribution is 8.13. The summed E-state index contributed by atoms with van der Waals surface area (Å²) < 4.78 is 77.1. The molecule has 0 radical (unpaired) electrons. The number of aromatic nitrogens is 3. The van der Waals surface area contributed by atoms with E-state index in [1.165, 1.54) is 33.5 Å². The molecule has 5 rings (SSSR count). The number of rotatable bonds is 8. The molecule has 1 aliphatic heterocycles. The van der Waals surface area contributed by atoms with Gasteiger partial charge in [0.05, 0.1) is 23.3 Å². The minimum atomic E-state index is -3.91. The van der Waals surface area contributed by atoms with Crippen LogP contribution in [0, 0.1) is 0 Å². The SMILES string of the molecule is CS(=O)(=O)N1CCC(Nc2ncc3cc(C(F)F)c(=O)n(Cc4ccc(-c5cccc(S(=O)(=O)Cl)c5)cc4)c3n2)CC1. The Morgan fingerprint density at radius 2 is 1.71 bits per heavy atom. The van der Waals surface area contributed by atoms with E-state index in [4.69, 9.17) is 10.7 Å². The number of hydrogen-bond donors (Lipinski definition) is 1. The maximum atomic E-state index is 13.8. The first-order valence-electron chi connectivity index (χ1n) is 12.8. The Hall–Kier alpha value is -3.46. The minimum Gasteiger partial charge on any atom is -0.351 e. The van der Waals surface area contributed by atoms with Crippen LogP contribution < -0.4 is 10.9 Å². The quantitative estimate of drug-likeness (QED) is 0.284. The molecule has 3 heterocycles. The number of anilines is 1. The fraction of sp³-hybridized carbons (Fsp3) is 0.296. The van der Waals surface area contributed by atoms with E-state index in [9.17, 15) is 30.4 Å². The van der Waals surface area contributed by atoms with Crippen LogP contribution in [0.4, 0.5) is 14.7 Å². The summed E-state index contributed by atoms with van der Waals surface area (Å²) >= 11 is 0. The van der Waals surface area contributed by atoms with Gasteiger partial charge in [0.15, 0.2) is 0 Å². The molecule has 0 amide bonds. The third-order valence-electron chi connectivity index (χ3n) is 7.09. The molecule has 0 saturated carbocycles. The number of nitrogens with zero attached hydrogens (tertiary/aromatic N) is 4. The predicted molar refractivity (Wildman–Crippen MR) is 156 cm³/mol. The Morgan fingerprint density at radius 3 is 2.33 bits per heavy atom. The third-order valence-corrected chi connectivity index (χ3v) is 9.74. The molecule has 0 spiro atoms. The molecule has 1 saturated heterocycles. The highest BCUT2D eigenvalue weighted by Gasteiger charge is 2.26. The Bertz CT molecular complexity index is 1910. The molecule has 1 N–H and O–H groups in total. The van der Waals surface area contributed by atoms with Gasteiger partial charge in [-0.25, -0.2) is 34.9 Å².